The minimum absolute atomic E-state index is 0.00800. The molecule has 7 heteroatoms. The summed E-state index contributed by atoms with van der Waals surface area (Å²) >= 11 is 11.9. The topological polar surface area (TPSA) is 64.1 Å². The molecule has 0 saturated heterocycles. The van der Waals surface area contributed by atoms with Crippen LogP contribution in [0.2, 0.25) is 10.2 Å². The van der Waals surface area contributed by atoms with Gasteiger partial charge in [0.05, 0.1) is 18.2 Å². The number of halogens is 2. The standard InChI is InChI=1S/C14H14Cl2N2O3/c1-8(21-2)7-18-13(19)11(12(16)17-14(18)20)9-3-5-10(15)6-4-9/h3-6,8H,7H2,1-2H3,(H,17,20). The van der Waals surface area contributed by atoms with Crippen LogP contribution in [0.25, 0.3) is 11.1 Å². The molecule has 0 bridgehead atoms. The summed E-state index contributed by atoms with van der Waals surface area (Å²) in [6.07, 6.45) is -0.275. The Morgan fingerprint density at radius 1 is 1.24 bits per heavy atom. The van der Waals surface area contributed by atoms with E-state index < -0.39 is 11.2 Å². The summed E-state index contributed by atoms with van der Waals surface area (Å²) < 4.78 is 6.17. The summed E-state index contributed by atoms with van der Waals surface area (Å²) in [5, 5.41) is 0.557. The molecule has 21 heavy (non-hydrogen) atoms. The van der Waals surface area contributed by atoms with Gasteiger partial charge in [0.15, 0.2) is 0 Å². The summed E-state index contributed by atoms with van der Waals surface area (Å²) in [4.78, 5) is 26.9. The van der Waals surface area contributed by atoms with Crippen LogP contribution in [0.3, 0.4) is 0 Å². The van der Waals surface area contributed by atoms with Crippen LogP contribution < -0.4 is 11.2 Å². The molecule has 1 N–H and O–H groups in total. The van der Waals surface area contributed by atoms with Gasteiger partial charge in [-0.05, 0) is 24.6 Å². The Morgan fingerprint density at radius 2 is 1.86 bits per heavy atom. The predicted molar refractivity (Wildman–Crippen MR) is 83.2 cm³/mol. The van der Waals surface area contributed by atoms with Crippen molar-refractivity contribution in [3.8, 4) is 11.1 Å². The molecule has 112 valence electrons. The molecule has 1 aromatic carbocycles. The van der Waals surface area contributed by atoms with Crippen molar-refractivity contribution in [1.29, 1.82) is 0 Å². The number of aromatic nitrogens is 2. The average Bonchev–Trinajstić information content (AvgIpc) is 2.45. The van der Waals surface area contributed by atoms with Gasteiger partial charge in [-0.25, -0.2) is 4.79 Å². The molecule has 1 atom stereocenters. The minimum atomic E-state index is -0.563. The molecule has 0 aliphatic heterocycles. The number of hydrogen-bond donors (Lipinski definition) is 1. The first-order chi connectivity index (χ1) is 9.93. The maximum absolute atomic E-state index is 12.5. The second kappa shape index (κ2) is 6.47. The summed E-state index contributed by atoms with van der Waals surface area (Å²) in [5.41, 5.74) is -0.206. The van der Waals surface area contributed by atoms with Crippen LogP contribution in [0, 0.1) is 0 Å². The molecule has 1 unspecified atom stereocenters. The zero-order valence-electron chi connectivity index (χ0n) is 11.5. The Balaban J connectivity index is 2.62. The van der Waals surface area contributed by atoms with Gasteiger partial charge in [0.25, 0.3) is 5.56 Å². The summed E-state index contributed by atoms with van der Waals surface area (Å²) in [5.74, 6) is 0. The van der Waals surface area contributed by atoms with Crippen molar-refractivity contribution < 1.29 is 4.74 Å². The zero-order chi connectivity index (χ0) is 15.6. The van der Waals surface area contributed by atoms with Gasteiger partial charge >= 0.3 is 5.69 Å². The Labute approximate surface area is 131 Å². The molecule has 0 aliphatic rings. The Kier molecular flexibility index (Phi) is 4.88. The van der Waals surface area contributed by atoms with Crippen molar-refractivity contribution >= 4 is 23.2 Å². The van der Waals surface area contributed by atoms with E-state index in [1.807, 2.05) is 0 Å². The van der Waals surface area contributed by atoms with Crippen LogP contribution in [-0.4, -0.2) is 22.8 Å². The Bertz CT molecular complexity index is 750. The highest BCUT2D eigenvalue weighted by molar-refractivity contribution is 6.32. The monoisotopic (exact) mass is 328 g/mol. The first kappa shape index (κ1) is 15.8. The summed E-state index contributed by atoms with van der Waals surface area (Å²) in [6, 6.07) is 6.65. The largest absolute Gasteiger partial charge is 0.380 e. The molecule has 5 nitrogen and oxygen atoms in total. The average molecular weight is 329 g/mol. The number of nitrogens with one attached hydrogen (secondary N) is 1. The number of hydrogen-bond acceptors (Lipinski definition) is 3. The molecule has 0 amide bonds. The Morgan fingerprint density at radius 3 is 2.43 bits per heavy atom. The number of nitrogens with zero attached hydrogens (tertiary/aromatic N) is 1. The third kappa shape index (κ3) is 3.37. The van der Waals surface area contributed by atoms with E-state index in [9.17, 15) is 9.59 Å². The van der Waals surface area contributed by atoms with Gasteiger partial charge in [-0.3, -0.25) is 14.3 Å². The fourth-order valence-electron chi connectivity index (χ4n) is 1.91. The third-order valence-electron chi connectivity index (χ3n) is 3.12. The van der Waals surface area contributed by atoms with Crippen LogP contribution in [-0.2, 0) is 11.3 Å². The number of aromatic amines is 1. The van der Waals surface area contributed by atoms with Crippen molar-refractivity contribution in [2.24, 2.45) is 0 Å². The lowest BCUT2D eigenvalue weighted by molar-refractivity contribution is 0.101. The quantitative estimate of drug-likeness (QED) is 0.877. The molecule has 2 rings (SSSR count). The second-order valence-corrected chi connectivity index (χ2v) is 5.40. The minimum Gasteiger partial charge on any atom is -0.380 e. The molecule has 0 radical (unpaired) electrons. The molecule has 0 fully saturated rings. The first-order valence-corrected chi connectivity index (χ1v) is 7.01. The highest BCUT2D eigenvalue weighted by atomic mass is 35.5. The molecular formula is C14H14Cl2N2O3. The number of ether oxygens (including phenoxy) is 1. The van der Waals surface area contributed by atoms with E-state index in [0.29, 0.717) is 10.6 Å². The van der Waals surface area contributed by atoms with Crippen molar-refractivity contribution in [3.05, 3.63) is 55.3 Å². The van der Waals surface area contributed by atoms with Gasteiger partial charge < -0.3 is 4.74 Å². The number of H-pyrrole nitrogens is 1. The molecule has 0 saturated carbocycles. The molecular weight excluding hydrogens is 315 g/mol. The van der Waals surface area contributed by atoms with E-state index in [1.165, 1.54) is 7.11 Å². The SMILES string of the molecule is COC(C)Cn1c(=O)[nH]c(Cl)c(-c2ccc(Cl)cc2)c1=O. The maximum Gasteiger partial charge on any atom is 0.329 e. The van der Waals surface area contributed by atoms with E-state index in [4.69, 9.17) is 27.9 Å². The van der Waals surface area contributed by atoms with E-state index in [1.54, 1.807) is 31.2 Å². The number of methoxy groups -OCH3 is 1. The van der Waals surface area contributed by atoms with Gasteiger partial charge in [0, 0.05) is 12.1 Å². The molecule has 1 heterocycles. The lowest BCUT2D eigenvalue weighted by Crippen LogP contribution is -2.39. The molecule has 0 spiro atoms. The lowest BCUT2D eigenvalue weighted by Gasteiger charge is -2.13. The van der Waals surface area contributed by atoms with Crippen molar-refractivity contribution in [2.45, 2.75) is 19.6 Å². The van der Waals surface area contributed by atoms with Crippen molar-refractivity contribution in [3.63, 3.8) is 0 Å². The van der Waals surface area contributed by atoms with E-state index in [0.717, 1.165) is 4.57 Å². The van der Waals surface area contributed by atoms with E-state index >= 15 is 0 Å². The van der Waals surface area contributed by atoms with Gasteiger partial charge in [0.2, 0.25) is 0 Å². The maximum atomic E-state index is 12.5. The van der Waals surface area contributed by atoms with Gasteiger partial charge in [-0.2, -0.15) is 0 Å². The second-order valence-electron chi connectivity index (χ2n) is 4.59. The fraction of sp³-hybridized carbons (Fsp3) is 0.286. The highest BCUT2D eigenvalue weighted by Crippen LogP contribution is 2.23. The van der Waals surface area contributed by atoms with Crippen LogP contribution >= 0.6 is 23.2 Å². The lowest BCUT2D eigenvalue weighted by atomic mass is 10.1. The molecule has 1 aromatic heterocycles. The first-order valence-electron chi connectivity index (χ1n) is 6.25. The smallest absolute Gasteiger partial charge is 0.329 e. The van der Waals surface area contributed by atoms with Crippen LogP contribution in [0.5, 0.6) is 0 Å². The summed E-state index contributed by atoms with van der Waals surface area (Å²) in [7, 11) is 1.51. The van der Waals surface area contributed by atoms with Crippen LogP contribution in [0.4, 0.5) is 0 Å². The van der Waals surface area contributed by atoms with Crippen LogP contribution in [0.1, 0.15) is 6.92 Å². The number of benzene rings is 1. The van der Waals surface area contributed by atoms with Gasteiger partial charge in [0.1, 0.15) is 5.15 Å². The highest BCUT2D eigenvalue weighted by Gasteiger charge is 2.16. The summed E-state index contributed by atoms with van der Waals surface area (Å²) in [6.45, 7) is 1.91. The molecule has 0 aliphatic carbocycles. The Hall–Kier alpha value is -1.56. The zero-order valence-corrected chi connectivity index (χ0v) is 13.0. The van der Waals surface area contributed by atoms with Gasteiger partial charge in [-0.1, -0.05) is 35.3 Å². The predicted octanol–water partition coefficient (Wildman–Crippen LogP) is 2.55. The normalized spacial score (nSPS) is 12.4. The third-order valence-corrected chi connectivity index (χ3v) is 3.65. The van der Waals surface area contributed by atoms with Crippen molar-refractivity contribution in [1.82, 2.24) is 9.55 Å². The number of rotatable bonds is 4. The van der Waals surface area contributed by atoms with E-state index in [-0.39, 0.29) is 23.4 Å². The van der Waals surface area contributed by atoms with E-state index in [2.05, 4.69) is 4.98 Å². The van der Waals surface area contributed by atoms with Crippen LogP contribution in [0.15, 0.2) is 33.9 Å². The van der Waals surface area contributed by atoms with Crippen molar-refractivity contribution in [2.75, 3.05) is 7.11 Å². The molecule has 2 aromatic rings. The van der Waals surface area contributed by atoms with Gasteiger partial charge in [-0.15, -0.1) is 0 Å². The fourth-order valence-corrected chi connectivity index (χ4v) is 2.31.